The van der Waals surface area contributed by atoms with Gasteiger partial charge in [0.2, 0.25) is 6.79 Å². The monoisotopic (exact) mass is 297 g/mol. The van der Waals surface area contributed by atoms with Gasteiger partial charge in [-0.2, -0.15) is 12.6 Å². The number of nitrogens with zero attached hydrogens (tertiary/aromatic N) is 1. The SMILES string of the molecule is O=[N+]([O-])C=C(NCCS)NCc1ccc2c(c1)OCO2. The lowest BCUT2D eigenvalue weighted by Gasteiger charge is -2.10. The Kier molecular flexibility index (Phi) is 4.94. The van der Waals surface area contributed by atoms with Gasteiger partial charge in [0.25, 0.3) is 6.20 Å². The molecule has 0 aliphatic carbocycles. The van der Waals surface area contributed by atoms with Gasteiger partial charge in [-0.05, 0) is 17.7 Å². The number of fused-ring (bicyclic) bond motifs is 1. The van der Waals surface area contributed by atoms with E-state index in [-0.39, 0.29) is 6.79 Å². The molecule has 7 nitrogen and oxygen atoms in total. The molecule has 1 aliphatic heterocycles. The van der Waals surface area contributed by atoms with Gasteiger partial charge in [0.1, 0.15) is 0 Å². The largest absolute Gasteiger partial charge is 0.454 e. The van der Waals surface area contributed by atoms with Crippen molar-refractivity contribution in [2.75, 3.05) is 19.1 Å². The maximum Gasteiger partial charge on any atom is 0.274 e. The van der Waals surface area contributed by atoms with E-state index >= 15 is 0 Å². The number of thiol groups is 1. The smallest absolute Gasteiger partial charge is 0.274 e. The Labute approximate surface area is 121 Å². The van der Waals surface area contributed by atoms with Gasteiger partial charge in [-0.25, -0.2) is 0 Å². The Morgan fingerprint density at radius 3 is 2.95 bits per heavy atom. The summed E-state index contributed by atoms with van der Waals surface area (Å²) in [4.78, 5) is 10.0. The van der Waals surface area contributed by atoms with Gasteiger partial charge in [-0.15, -0.1) is 0 Å². The van der Waals surface area contributed by atoms with Crippen molar-refractivity contribution in [3.8, 4) is 11.5 Å². The van der Waals surface area contributed by atoms with E-state index in [0.29, 0.717) is 36.2 Å². The predicted molar refractivity (Wildman–Crippen MR) is 76.3 cm³/mol. The predicted octanol–water partition coefficient (Wildman–Crippen LogP) is 1.10. The molecule has 1 heterocycles. The summed E-state index contributed by atoms with van der Waals surface area (Å²) in [5.74, 6) is 2.33. The van der Waals surface area contributed by atoms with Gasteiger partial charge in [0.05, 0.1) is 4.92 Å². The molecule has 1 aliphatic rings. The molecule has 0 aromatic heterocycles. The summed E-state index contributed by atoms with van der Waals surface area (Å²) in [5.41, 5.74) is 0.941. The van der Waals surface area contributed by atoms with Crippen LogP contribution in [0.15, 0.2) is 30.2 Å². The van der Waals surface area contributed by atoms with Crippen molar-refractivity contribution in [2.24, 2.45) is 0 Å². The second kappa shape index (κ2) is 6.90. The standard InChI is InChI=1S/C12H15N3O4S/c16-15(17)7-12(13-3-4-20)14-6-9-1-2-10-11(5-9)19-8-18-10/h1-2,5,7,13-14,20H,3-4,6,8H2. The number of benzene rings is 1. The number of nitro groups is 1. The Morgan fingerprint density at radius 1 is 1.40 bits per heavy atom. The number of hydrogen-bond donors (Lipinski definition) is 3. The van der Waals surface area contributed by atoms with Gasteiger partial charge in [-0.1, -0.05) is 6.07 Å². The summed E-state index contributed by atoms with van der Waals surface area (Å²) < 4.78 is 10.5. The molecule has 1 aromatic rings. The molecule has 20 heavy (non-hydrogen) atoms. The molecule has 2 rings (SSSR count). The van der Waals surface area contributed by atoms with E-state index in [9.17, 15) is 10.1 Å². The lowest BCUT2D eigenvalue weighted by Crippen LogP contribution is -2.28. The summed E-state index contributed by atoms with van der Waals surface area (Å²) >= 11 is 4.05. The van der Waals surface area contributed by atoms with E-state index in [1.54, 1.807) is 0 Å². The third-order valence-corrected chi connectivity index (χ3v) is 2.81. The van der Waals surface area contributed by atoms with Crippen LogP contribution in [0, 0.1) is 10.1 Å². The fourth-order valence-corrected chi connectivity index (χ4v) is 1.81. The molecule has 0 spiro atoms. The quantitative estimate of drug-likeness (QED) is 0.397. The normalized spacial score (nSPS) is 13.2. The third kappa shape index (κ3) is 3.95. The van der Waals surface area contributed by atoms with E-state index in [1.165, 1.54) is 0 Å². The van der Waals surface area contributed by atoms with Crippen molar-refractivity contribution >= 4 is 12.6 Å². The highest BCUT2D eigenvalue weighted by atomic mass is 32.1. The van der Waals surface area contributed by atoms with Crippen LogP contribution in [-0.2, 0) is 6.54 Å². The highest BCUT2D eigenvalue weighted by Gasteiger charge is 2.13. The van der Waals surface area contributed by atoms with Gasteiger partial charge in [-0.3, -0.25) is 10.1 Å². The van der Waals surface area contributed by atoms with Crippen LogP contribution in [0.3, 0.4) is 0 Å². The fourth-order valence-electron chi connectivity index (χ4n) is 1.70. The van der Waals surface area contributed by atoms with Gasteiger partial charge in [0, 0.05) is 18.8 Å². The number of rotatable bonds is 7. The average Bonchev–Trinajstić information content (AvgIpc) is 2.88. The maximum atomic E-state index is 10.5. The second-order valence-corrected chi connectivity index (χ2v) is 4.47. The Hall–Kier alpha value is -2.09. The van der Waals surface area contributed by atoms with Crippen LogP contribution in [0.2, 0.25) is 0 Å². The van der Waals surface area contributed by atoms with Crippen LogP contribution in [0.4, 0.5) is 0 Å². The second-order valence-electron chi connectivity index (χ2n) is 4.02. The van der Waals surface area contributed by atoms with E-state index in [0.717, 1.165) is 11.8 Å². The lowest BCUT2D eigenvalue weighted by molar-refractivity contribution is -0.404. The molecular weight excluding hydrogens is 282 g/mol. The Bertz CT molecular complexity index is 521. The van der Waals surface area contributed by atoms with Gasteiger partial charge in [0.15, 0.2) is 17.3 Å². The molecular formula is C12H15N3O4S. The topological polar surface area (TPSA) is 85.7 Å². The van der Waals surface area contributed by atoms with Crippen molar-refractivity contribution in [2.45, 2.75) is 6.54 Å². The number of nitrogens with one attached hydrogen (secondary N) is 2. The molecule has 0 amide bonds. The molecule has 0 atom stereocenters. The van der Waals surface area contributed by atoms with Crippen LogP contribution in [0.5, 0.6) is 11.5 Å². The van der Waals surface area contributed by atoms with Crippen LogP contribution < -0.4 is 20.1 Å². The third-order valence-electron chi connectivity index (χ3n) is 2.58. The molecule has 0 radical (unpaired) electrons. The first-order valence-corrected chi connectivity index (χ1v) is 6.64. The van der Waals surface area contributed by atoms with Crippen LogP contribution in [-0.4, -0.2) is 24.0 Å². The zero-order valence-electron chi connectivity index (χ0n) is 10.7. The maximum absolute atomic E-state index is 10.5. The lowest BCUT2D eigenvalue weighted by atomic mass is 10.2. The molecule has 0 unspecified atom stereocenters. The first-order chi connectivity index (χ1) is 9.69. The van der Waals surface area contributed by atoms with Crippen LogP contribution in [0.25, 0.3) is 0 Å². The molecule has 2 N–H and O–H groups in total. The van der Waals surface area contributed by atoms with Crippen molar-refractivity contribution in [1.82, 2.24) is 10.6 Å². The summed E-state index contributed by atoms with van der Waals surface area (Å²) in [6.45, 7) is 1.20. The minimum Gasteiger partial charge on any atom is -0.454 e. The highest BCUT2D eigenvalue weighted by molar-refractivity contribution is 7.80. The molecule has 1 aromatic carbocycles. The molecule has 0 bridgehead atoms. The van der Waals surface area contributed by atoms with Gasteiger partial charge < -0.3 is 20.1 Å². The minimum absolute atomic E-state index is 0.224. The molecule has 0 fully saturated rings. The van der Waals surface area contributed by atoms with Crippen molar-refractivity contribution in [3.63, 3.8) is 0 Å². The van der Waals surface area contributed by atoms with Crippen LogP contribution >= 0.6 is 12.6 Å². The zero-order chi connectivity index (χ0) is 14.4. The fraction of sp³-hybridized carbons (Fsp3) is 0.333. The number of hydrogen-bond acceptors (Lipinski definition) is 7. The molecule has 0 saturated heterocycles. The van der Waals surface area contributed by atoms with E-state index in [4.69, 9.17) is 9.47 Å². The summed E-state index contributed by atoms with van der Waals surface area (Å²) in [6.07, 6.45) is 0.899. The van der Waals surface area contributed by atoms with Crippen molar-refractivity contribution in [1.29, 1.82) is 0 Å². The molecule has 0 saturated carbocycles. The van der Waals surface area contributed by atoms with Crippen molar-refractivity contribution in [3.05, 3.63) is 45.9 Å². The highest BCUT2D eigenvalue weighted by Crippen LogP contribution is 2.32. The minimum atomic E-state index is -0.506. The van der Waals surface area contributed by atoms with E-state index in [2.05, 4.69) is 23.3 Å². The Balaban J connectivity index is 1.96. The zero-order valence-corrected chi connectivity index (χ0v) is 11.6. The number of ether oxygens (including phenoxy) is 2. The van der Waals surface area contributed by atoms with E-state index < -0.39 is 4.92 Å². The Morgan fingerprint density at radius 2 is 2.20 bits per heavy atom. The van der Waals surface area contributed by atoms with E-state index in [1.807, 2.05) is 18.2 Å². The van der Waals surface area contributed by atoms with Crippen molar-refractivity contribution < 1.29 is 14.4 Å². The summed E-state index contributed by atoms with van der Waals surface area (Å²) in [6, 6.07) is 5.54. The first-order valence-electron chi connectivity index (χ1n) is 6.01. The molecule has 8 heteroatoms. The average molecular weight is 297 g/mol. The summed E-state index contributed by atoms with van der Waals surface area (Å²) in [5, 5.41) is 16.4. The molecule has 108 valence electrons. The van der Waals surface area contributed by atoms with Crippen LogP contribution in [0.1, 0.15) is 5.56 Å². The van der Waals surface area contributed by atoms with Gasteiger partial charge >= 0.3 is 0 Å². The first kappa shape index (κ1) is 14.3. The summed E-state index contributed by atoms with van der Waals surface area (Å²) in [7, 11) is 0.